The molecule has 0 bridgehead atoms. The van der Waals surface area contributed by atoms with E-state index < -0.39 is 0 Å². The standard InChI is InChI=1S/C13H17ClN4/c1-17-7-3-4-9(17)8-18-12-10(14)5-2-6-11(12)16-13(18)15/h2,5-6,9H,3-4,7-8H2,1H3,(H2,15,16). The zero-order chi connectivity index (χ0) is 12.7. The van der Waals surface area contributed by atoms with Crippen molar-refractivity contribution in [2.45, 2.75) is 25.4 Å². The lowest BCUT2D eigenvalue weighted by molar-refractivity contribution is 0.285. The van der Waals surface area contributed by atoms with Gasteiger partial charge in [0.15, 0.2) is 0 Å². The molecular weight excluding hydrogens is 248 g/mol. The van der Waals surface area contributed by atoms with Crippen molar-refractivity contribution in [3.05, 3.63) is 23.2 Å². The van der Waals surface area contributed by atoms with Gasteiger partial charge in [-0.15, -0.1) is 0 Å². The molecule has 0 saturated carbocycles. The van der Waals surface area contributed by atoms with E-state index in [1.54, 1.807) is 0 Å². The number of likely N-dealkylation sites (tertiary alicyclic amines) is 1. The average Bonchev–Trinajstić information content (AvgIpc) is 2.86. The Kier molecular flexibility index (Phi) is 2.92. The highest BCUT2D eigenvalue weighted by atomic mass is 35.5. The van der Waals surface area contributed by atoms with Gasteiger partial charge in [-0.1, -0.05) is 17.7 Å². The first-order valence-corrected chi connectivity index (χ1v) is 6.65. The van der Waals surface area contributed by atoms with Crippen LogP contribution in [0.15, 0.2) is 18.2 Å². The Balaban J connectivity index is 2.03. The fourth-order valence-corrected chi connectivity index (χ4v) is 3.04. The van der Waals surface area contributed by atoms with Gasteiger partial charge in [0.05, 0.1) is 16.1 Å². The van der Waals surface area contributed by atoms with Gasteiger partial charge in [0, 0.05) is 12.6 Å². The van der Waals surface area contributed by atoms with Crippen LogP contribution in [0, 0.1) is 0 Å². The molecule has 1 aliphatic rings. The van der Waals surface area contributed by atoms with Crippen molar-refractivity contribution in [1.82, 2.24) is 14.5 Å². The summed E-state index contributed by atoms with van der Waals surface area (Å²) in [6.07, 6.45) is 2.46. The Morgan fingerprint density at radius 3 is 3.06 bits per heavy atom. The van der Waals surface area contributed by atoms with Crippen LogP contribution < -0.4 is 5.73 Å². The van der Waals surface area contributed by atoms with Gasteiger partial charge < -0.3 is 15.2 Å². The number of hydrogen-bond acceptors (Lipinski definition) is 3. The summed E-state index contributed by atoms with van der Waals surface area (Å²) in [5.41, 5.74) is 7.85. The topological polar surface area (TPSA) is 47.1 Å². The van der Waals surface area contributed by atoms with Crippen LogP contribution in [0.25, 0.3) is 11.0 Å². The van der Waals surface area contributed by atoms with Crippen LogP contribution in [0.1, 0.15) is 12.8 Å². The molecule has 1 fully saturated rings. The van der Waals surface area contributed by atoms with Crippen molar-refractivity contribution < 1.29 is 0 Å². The van der Waals surface area contributed by atoms with E-state index in [0.29, 0.717) is 12.0 Å². The molecule has 2 aromatic rings. The molecule has 1 unspecified atom stereocenters. The van der Waals surface area contributed by atoms with Crippen molar-refractivity contribution in [3.8, 4) is 0 Å². The van der Waals surface area contributed by atoms with Gasteiger partial charge in [-0.2, -0.15) is 0 Å². The molecule has 3 rings (SSSR count). The maximum Gasteiger partial charge on any atom is 0.201 e. The first-order chi connectivity index (χ1) is 8.66. The van der Waals surface area contributed by atoms with Crippen molar-refractivity contribution in [3.63, 3.8) is 0 Å². The predicted molar refractivity (Wildman–Crippen MR) is 74.8 cm³/mol. The molecule has 2 heterocycles. The molecule has 5 heteroatoms. The number of nitrogens with two attached hydrogens (primary N) is 1. The van der Waals surface area contributed by atoms with E-state index in [1.165, 1.54) is 12.8 Å². The van der Waals surface area contributed by atoms with Gasteiger partial charge in [-0.25, -0.2) is 4.98 Å². The summed E-state index contributed by atoms with van der Waals surface area (Å²) in [6.45, 7) is 2.02. The van der Waals surface area contributed by atoms with Crippen molar-refractivity contribution in [2.24, 2.45) is 0 Å². The number of rotatable bonds is 2. The van der Waals surface area contributed by atoms with Gasteiger partial charge in [-0.05, 0) is 38.6 Å². The average molecular weight is 265 g/mol. The third-order valence-corrected chi connectivity index (χ3v) is 4.12. The molecule has 96 valence electrons. The molecule has 18 heavy (non-hydrogen) atoms. The number of imidazole rings is 1. The number of nitrogen functional groups attached to an aromatic ring is 1. The first-order valence-electron chi connectivity index (χ1n) is 6.27. The fourth-order valence-electron chi connectivity index (χ4n) is 2.77. The second kappa shape index (κ2) is 4.44. The number of para-hydroxylation sites is 1. The summed E-state index contributed by atoms with van der Waals surface area (Å²) in [5, 5.41) is 0.720. The lowest BCUT2D eigenvalue weighted by atomic mass is 10.2. The summed E-state index contributed by atoms with van der Waals surface area (Å²) in [4.78, 5) is 6.76. The molecule has 0 aliphatic carbocycles. The van der Waals surface area contributed by atoms with Gasteiger partial charge in [-0.3, -0.25) is 0 Å². The Bertz CT molecular complexity index is 578. The largest absolute Gasteiger partial charge is 0.369 e. The molecule has 1 atom stereocenters. The van der Waals surface area contributed by atoms with Gasteiger partial charge in [0.2, 0.25) is 5.95 Å². The quantitative estimate of drug-likeness (QED) is 0.906. The fraction of sp³-hybridized carbons (Fsp3) is 0.462. The maximum absolute atomic E-state index is 6.27. The van der Waals surface area contributed by atoms with E-state index in [1.807, 2.05) is 22.8 Å². The van der Waals surface area contributed by atoms with Crippen LogP contribution in [0.2, 0.25) is 5.02 Å². The Morgan fingerprint density at radius 2 is 2.33 bits per heavy atom. The van der Waals surface area contributed by atoms with Crippen molar-refractivity contribution in [1.29, 1.82) is 0 Å². The maximum atomic E-state index is 6.27. The minimum absolute atomic E-state index is 0.529. The molecule has 4 nitrogen and oxygen atoms in total. The van der Waals surface area contributed by atoms with Crippen LogP contribution in [-0.2, 0) is 6.54 Å². The highest BCUT2D eigenvalue weighted by Gasteiger charge is 2.23. The summed E-state index contributed by atoms with van der Waals surface area (Å²) in [7, 11) is 2.16. The Labute approximate surface area is 111 Å². The van der Waals surface area contributed by atoms with E-state index >= 15 is 0 Å². The Hall–Kier alpha value is -1.26. The highest BCUT2D eigenvalue weighted by molar-refractivity contribution is 6.35. The van der Waals surface area contributed by atoms with Crippen molar-refractivity contribution in [2.75, 3.05) is 19.3 Å². The zero-order valence-electron chi connectivity index (χ0n) is 10.4. The molecule has 1 aromatic carbocycles. The lowest BCUT2D eigenvalue weighted by Gasteiger charge is -2.20. The minimum atomic E-state index is 0.529. The smallest absolute Gasteiger partial charge is 0.201 e. The monoisotopic (exact) mass is 264 g/mol. The van der Waals surface area contributed by atoms with Crippen LogP contribution in [0.4, 0.5) is 5.95 Å². The van der Waals surface area contributed by atoms with E-state index in [-0.39, 0.29) is 0 Å². The third-order valence-electron chi connectivity index (χ3n) is 3.81. The first kappa shape index (κ1) is 11.8. The number of anilines is 1. The summed E-state index contributed by atoms with van der Waals surface area (Å²) >= 11 is 6.27. The second-order valence-corrected chi connectivity index (χ2v) is 5.37. The van der Waals surface area contributed by atoms with Crippen molar-refractivity contribution >= 4 is 28.6 Å². The minimum Gasteiger partial charge on any atom is -0.369 e. The number of nitrogens with zero attached hydrogens (tertiary/aromatic N) is 3. The SMILES string of the molecule is CN1CCCC1Cn1c(N)nc2cccc(Cl)c21. The second-order valence-electron chi connectivity index (χ2n) is 4.96. The molecule has 1 aromatic heterocycles. The van der Waals surface area contributed by atoms with Crippen LogP contribution >= 0.6 is 11.6 Å². The van der Waals surface area contributed by atoms with Crippen LogP contribution in [-0.4, -0.2) is 34.1 Å². The molecule has 1 aliphatic heterocycles. The number of aromatic nitrogens is 2. The van der Waals surface area contributed by atoms with Crippen LogP contribution in [0.5, 0.6) is 0 Å². The summed E-state index contributed by atoms with van der Waals surface area (Å²) in [5.74, 6) is 0.554. The molecule has 2 N–H and O–H groups in total. The molecular formula is C13H17ClN4. The molecule has 1 saturated heterocycles. The van der Waals surface area contributed by atoms with Gasteiger partial charge >= 0.3 is 0 Å². The molecule has 0 amide bonds. The number of benzene rings is 1. The van der Waals surface area contributed by atoms with E-state index in [2.05, 4.69) is 16.9 Å². The normalized spacial score (nSPS) is 20.9. The van der Waals surface area contributed by atoms with E-state index in [4.69, 9.17) is 17.3 Å². The molecule has 0 spiro atoms. The molecule has 0 radical (unpaired) electrons. The van der Waals surface area contributed by atoms with Crippen LogP contribution in [0.3, 0.4) is 0 Å². The number of fused-ring (bicyclic) bond motifs is 1. The lowest BCUT2D eigenvalue weighted by Crippen LogP contribution is -2.29. The summed E-state index contributed by atoms with van der Waals surface area (Å²) < 4.78 is 2.05. The number of halogens is 1. The predicted octanol–water partition coefficient (Wildman–Crippen LogP) is 2.37. The van der Waals surface area contributed by atoms with E-state index in [9.17, 15) is 0 Å². The highest BCUT2D eigenvalue weighted by Crippen LogP contribution is 2.27. The Morgan fingerprint density at radius 1 is 1.50 bits per heavy atom. The van der Waals surface area contributed by atoms with Gasteiger partial charge in [0.1, 0.15) is 0 Å². The third kappa shape index (κ3) is 1.85. The summed E-state index contributed by atoms with van der Waals surface area (Å²) in [6, 6.07) is 6.27. The number of hydrogen-bond donors (Lipinski definition) is 1. The van der Waals surface area contributed by atoms with Gasteiger partial charge in [0.25, 0.3) is 0 Å². The van der Waals surface area contributed by atoms with E-state index in [0.717, 1.165) is 29.1 Å². The number of likely N-dealkylation sites (N-methyl/N-ethyl adjacent to an activating group) is 1. The zero-order valence-corrected chi connectivity index (χ0v) is 11.2.